The van der Waals surface area contributed by atoms with Crippen molar-refractivity contribution < 1.29 is 22.7 Å². The van der Waals surface area contributed by atoms with Gasteiger partial charge in [0.25, 0.3) is 0 Å². The van der Waals surface area contributed by atoms with Crippen LogP contribution in [0.15, 0.2) is 29.2 Å². The van der Waals surface area contributed by atoms with Gasteiger partial charge in [0.2, 0.25) is 15.8 Å². The number of esters is 1. The maximum atomic E-state index is 12.4. The number of carbonyl (C=O) groups excluding carboxylic acids is 2. The van der Waals surface area contributed by atoms with E-state index in [2.05, 4.69) is 0 Å². The fraction of sp³-hybridized carbons (Fsp3) is 0.294. The van der Waals surface area contributed by atoms with Gasteiger partial charge < -0.3 is 9.30 Å². The largest absolute Gasteiger partial charge is 0.454 e. The Morgan fingerprint density at radius 1 is 1.19 bits per heavy atom. The molecule has 1 aromatic heterocycles. The highest BCUT2D eigenvalue weighted by molar-refractivity contribution is 7.89. The van der Waals surface area contributed by atoms with Gasteiger partial charge in [-0.25, -0.2) is 18.4 Å². The van der Waals surface area contributed by atoms with Crippen molar-refractivity contribution >= 4 is 33.4 Å². The summed E-state index contributed by atoms with van der Waals surface area (Å²) in [7, 11) is -4.00. The average Bonchev–Trinajstić information content (AvgIpc) is 2.85. The number of hydrogen-bond donors (Lipinski definition) is 1. The minimum Gasteiger partial charge on any atom is -0.454 e. The van der Waals surface area contributed by atoms with Crippen molar-refractivity contribution in [2.75, 3.05) is 6.61 Å². The van der Waals surface area contributed by atoms with Gasteiger partial charge in [-0.1, -0.05) is 11.6 Å². The number of rotatable bonds is 6. The number of halogens is 1. The van der Waals surface area contributed by atoms with Crippen molar-refractivity contribution in [1.29, 1.82) is 0 Å². The van der Waals surface area contributed by atoms with Crippen LogP contribution in [0.4, 0.5) is 0 Å². The second-order valence-electron chi connectivity index (χ2n) is 5.72. The topological polar surface area (TPSA) is 108 Å². The molecule has 0 fully saturated rings. The molecule has 9 heteroatoms. The van der Waals surface area contributed by atoms with E-state index < -0.39 is 22.6 Å². The third-order valence-corrected chi connectivity index (χ3v) is 5.25. The molecule has 0 bridgehead atoms. The summed E-state index contributed by atoms with van der Waals surface area (Å²) in [6, 6.07) is 5.17. The zero-order valence-corrected chi connectivity index (χ0v) is 16.1. The molecule has 0 spiro atoms. The molecular weight excluding hydrogens is 380 g/mol. The average molecular weight is 399 g/mol. The quantitative estimate of drug-likeness (QED) is 0.593. The summed E-state index contributed by atoms with van der Waals surface area (Å²) in [5, 5.41) is 5.04. The van der Waals surface area contributed by atoms with Gasteiger partial charge in [0, 0.05) is 23.5 Å². The number of hydrogen-bond acceptors (Lipinski definition) is 5. The number of Topliss-reactive ketones (excluding diaryl/α,β-unsaturated/α-hetero) is 1. The van der Waals surface area contributed by atoms with E-state index >= 15 is 0 Å². The van der Waals surface area contributed by atoms with Crippen LogP contribution in [-0.4, -0.2) is 31.3 Å². The van der Waals surface area contributed by atoms with Crippen molar-refractivity contribution in [3.63, 3.8) is 0 Å². The van der Waals surface area contributed by atoms with Crippen LogP contribution in [0.1, 0.15) is 39.0 Å². The monoisotopic (exact) mass is 398 g/mol. The second-order valence-corrected chi connectivity index (χ2v) is 7.68. The van der Waals surface area contributed by atoms with E-state index in [1.165, 1.54) is 12.1 Å². The molecule has 26 heavy (non-hydrogen) atoms. The summed E-state index contributed by atoms with van der Waals surface area (Å²) < 4.78 is 29.8. The first kappa shape index (κ1) is 20.2. The van der Waals surface area contributed by atoms with Crippen LogP contribution in [0, 0.1) is 13.8 Å². The van der Waals surface area contributed by atoms with Crippen LogP contribution in [0.5, 0.6) is 0 Å². The predicted molar refractivity (Wildman–Crippen MR) is 97.0 cm³/mol. The molecule has 0 saturated heterocycles. The lowest BCUT2D eigenvalue weighted by atomic mass is 10.1. The van der Waals surface area contributed by atoms with Gasteiger partial charge in [-0.15, -0.1) is 0 Å². The molecule has 0 atom stereocenters. The van der Waals surface area contributed by atoms with Gasteiger partial charge >= 0.3 is 5.97 Å². The summed E-state index contributed by atoms with van der Waals surface area (Å²) in [4.78, 5) is 24.3. The molecule has 7 nitrogen and oxygen atoms in total. The highest BCUT2D eigenvalue weighted by atomic mass is 35.5. The lowest BCUT2D eigenvalue weighted by Crippen LogP contribution is -2.17. The number of primary sulfonamides is 1. The van der Waals surface area contributed by atoms with Gasteiger partial charge in [0.05, 0.1) is 15.5 Å². The molecule has 2 rings (SSSR count). The molecule has 1 aromatic carbocycles. The third kappa shape index (κ3) is 4.14. The summed E-state index contributed by atoms with van der Waals surface area (Å²) in [6.45, 7) is 5.91. The summed E-state index contributed by atoms with van der Waals surface area (Å²) in [6.07, 6.45) is 0. The lowest BCUT2D eigenvalue weighted by Gasteiger charge is -2.08. The van der Waals surface area contributed by atoms with E-state index in [-0.39, 0.29) is 21.3 Å². The molecule has 1 heterocycles. The molecule has 2 N–H and O–H groups in total. The maximum absolute atomic E-state index is 12.4. The van der Waals surface area contributed by atoms with Gasteiger partial charge in [0.1, 0.15) is 0 Å². The van der Waals surface area contributed by atoms with Crippen molar-refractivity contribution in [2.45, 2.75) is 32.2 Å². The molecule has 0 amide bonds. The Morgan fingerprint density at radius 2 is 1.85 bits per heavy atom. The van der Waals surface area contributed by atoms with Gasteiger partial charge in [-0.2, -0.15) is 0 Å². The number of sulfonamides is 1. The van der Waals surface area contributed by atoms with Crippen LogP contribution in [-0.2, 0) is 21.3 Å². The molecule has 0 aliphatic heterocycles. The second kappa shape index (κ2) is 7.61. The molecular formula is C17H19ClN2O5S. The maximum Gasteiger partial charge on any atom is 0.340 e. The molecule has 0 aliphatic rings. The summed E-state index contributed by atoms with van der Waals surface area (Å²) in [5.41, 5.74) is 2.02. The fourth-order valence-electron chi connectivity index (χ4n) is 2.69. The van der Waals surface area contributed by atoms with Gasteiger partial charge in [0.15, 0.2) is 6.61 Å². The van der Waals surface area contributed by atoms with Crippen molar-refractivity contribution in [2.24, 2.45) is 5.14 Å². The number of ketones is 1. The lowest BCUT2D eigenvalue weighted by molar-refractivity contribution is 0.0474. The van der Waals surface area contributed by atoms with Crippen LogP contribution in [0.3, 0.4) is 0 Å². The number of nitrogens with two attached hydrogens (primary N) is 1. The zero-order valence-electron chi connectivity index (χ0n) is 14.6. The number of nitrogens with zero attached hydrogens (tertiary/aromatic N) is 1. The Hall–Kier alpha value is -2.16. The van der Waals surface area contributed by atoms with Crippen molar-refractivity contribution in [1.82, 2.24) is 4.57 Å². The molecule has 0 unspecified atom stereocenters. The Labute approximate surface area is 156 Å². The van der Waals surface area contributed by atoms with Crippen LogP contribution >= 0.6 is 11.6 Å². The van der Waals surface area contributed by atoms with Gasteiger partial charge in [-0.05, 0) is 45.0 Å². The van der Waals surface area contributed by atoms with Crippen LogP contribution in [0.2, 0.25) is 5.02 Å². The smallest absolute Gasteiger partial charge is 0.340 e. The number of carbonyl (C=O) groups is 2. The Balaban J connectivity index is 2.18. The van der Waals surface area contributed by atoms with Crippen molar-refractivity contribution in [3.8, 4) is 0 Å². The molecule has 140 valence electrons. The number of aromatic nitrogens is 1. The standard InChI is InChI=1S/C17H19ClN2O5S/c1-4-20-10(2)7-13(11(20)3)16(21)9-25-17(22)14-8-12(26(19,23)24)5-6-15(14)18/h5-8H,4,9H2,1-3H3,(H2,19,23,24). The first-order valence-corrected chi connectivity index (χ1v) is 9.68. The van der Waals surface area contributed by atoms with Gasteiger partial charge in [-0.3, -0.25) is 4.79 Å². The fourth-order valence-corrected chi connectivity index (χ4v) is 3.43. The first-order chi connectivity index (χ1) is 12.1. The number of benzene rings is 1. The first-order valence-electron chi connectivity index (χ1n) is 7.75. The summed E-state index contributed by atoms with van der Waals surface area (Å²) >= 11 is 5.92. The molecule has 0 aliphatic carbocycles. The zero-order chi connectivity index (χ0) is 19.6. The number of aryl methyl sites for hydroxylation is 1. The third-order valence-electron chi connectivity index (χ3n) is 4.01. The number of ether oxygens (including phenoxy) is 1. The van der Waals surface area contributed by atoms with Crippen molar-refractivity contribution in [3.05, 3.63) is 51.8 Å². The SMILES string of the molecule is CCn1c(C)cc(C(=O)COC(=O)c2cc(S(N)(=O)=O)ccc2Cl)c1C. The summed E-state index contributed by atoms with van der Waals surface area (Å²) in [5.74, 6) is -1.26. The highest BCUT2D eigenvalue weighted by Crippen LogP contribution is 2.21. The van der Waals surface area contributed by atoms with E-state index in [4.69, 9.17) is 21.5 Å². The van der Waals surface area contributed by atoms with E-state index in [0.29, 0.717) is 5.56 Å². The normalized spacial score (nSPS) is 11.4. The Morgan fingerprint density at radius 3 is 2.38 bits per heavy atom. The minimum atomic E-state index is -4.00. The van der Waals surface area contributed by atoms with E-state index in [1.807, 2.05) is 25.3 Å². The molecule has 0 radical (unpaired) electrons. The highest BCUT2D eigenvalue weighted by Gasteiger charge is 2.20. The van der Waals surface area contributed by atoms with E-state index in [0.717, 1.165) is 24.0 Å². The van der Waals surface area contributed by atoms with Crippen LogP contribution < -0.4 is 5.14 Å². The predicted octanol–water partition coefficient (Wildman–Crippen LogP) is 2.47. The van der Waals surface area contributed by atoms with Crippen LogP contribution in [0.25, 0.3) is 0 Å². The Bertz CT molecular complexity index is 979. The van der Waals surface area contributed by atoms with E-state index in [9.17, 15) is 18.0 Å². The van der Waals surface area contributed by atoms with E-state index in [1.54, 1.807) is 6.07 Å². The Kier molecular flexibility index (Phi) is 5.90. The minimum absolute atomic E-state index is 0.000917. The molecule has 0 saturated carbocycles. The molecule has 2 aromatic rings.